The summed E-state index contributed by atoms with van der Waals surface area (Å²) >= 11 is 14.2. The molecule has 0 aliphatic carbocycles. The van der Waals surface area contributed by atoms with Gasteiger partial charge >= 0.3 is 6.09 Å². The summed E-state index contributed by atoms with van der Waals surface area (Å²) in [7, 11) is 0. The molecule has 3 heterocycles. The second-order valence-corrected chi connectivity index (χ2v) is 13.6. The van der Waals surface area contributed by atoms with Crippen molar-refractivity contribution in [2.75, 3.05) is 11.9 Å². The number of rotatable bonds is 7. The van der Waals surface area contributed by atoms with Gasteiger partial charge < -0.3 is 19.9 Å². The Morgan fingerprint density at radius 1 is 1.22 bits per heavy atom. The van der Waals surface area contributed by atoms with Crippen LogP contribution in [0.4, 0.5) is 15.0 Å². The van der Waals surface area contributed by atoms with Gasteiger partial charge in [0.2, 0.25) is 0 Å². The van der Waals surface area contributed by atoms with Gasteiger partial charge in [0.05, 0.1) is 16.1 Å². The number of hydrogen-bond donors (Lipinski definition) is 2. The van der Waals surface area contributed by atoms with Gasteiger partial charge in [0, 0.05) is 29.4 Å². The van der Waals surface area contributed by atoms with Crippen LogP contribution >= 0.6 is 34.5 Å². The number of aromatic nitrogens is 3. The Hall–Kier alpha value is -2.73. The first kappa shape index (κ1) is 31.2. The predicted molar refractivity (Wildman–Crippen MR) is 159 cm³/mol. The number of carbonyl (C=O) groups is 1. The maximum absolute atomic E-state index is 15.4. The number of nitrogens with one attached hydrogen (secondary N) is 1. The fraction of sp³-hybridized carbons (Fsp3) is 0.500. The van der Waals surface area contributed by atoms with Crippen LogP contribution in [0.2, 0.25) is 10.0 Å². The molecule has 0 unspecified atom stereocenters. The standard InChI is InChI=1S/C28H34Cl2FN5O4S/c1-14(2)33-22-19(30)9-16(12-32-22)23-34-35-24(41-23)17-10-20(31)21(11-18(17)29)39-13-28(26(4,5)6)15(3)40-27(7,8)36(28)25(37)38/h9-12,14-15H,13H2,1-8H3,(H,32,33)(H,37,38)/t15-,28+/m1/s1. The highest BCUT2D eigenvalue weighted by atomic mass is 35.5. The molecule has 1 fully saturated rings. The second kappa shape index (κ2) is 11.2. The molecule has 1 aliphatic heterocycles. The van der Waals surface area contributed by atoms with Gasteiger partial charge in [-0.2, -0.15) is 0 Å². The third-order valence-corrected chi connectivity index (χ3v) is 8.81. The first-order chi connectivity index (χ1) is 19.0. The summed E-state index contributed by atoms with van der Waals surface area (Å²) in [5.74, 6) is -0.219. The minimum absolute atomic E-state index is 0.112. The Morgan fingerprint density at radius 3 is 2.46 bits per heavy atom. The maximum atomic E-state index is 15.4. The smallest absolute Gasteiger partial charge is 0.410 e. The zero-order valence-electron chi connectivity index (χ0n) is 24.2. The Bertz CT molecular complexity index is 1460. The van der Waals surface area contributed by atoms with Gasteiger partial charge in [-0.15, -0.1) is 10.2 Å². The fourth-order valence-corrected chi connectivity index (χ4v) is 6.74. The Morgan fingerprint density at radius 2 is 1.88 bits per heavy atom. The molecule has 0 bridgehead atoms. The van der Waals surface area contributed by atoms with E-state index in [0.717, 1.165) is 0 Å². The molecule has 2 N–H and O–H groups in total. The zero-order valence-corrected chi connectivity index (χ0v) is 26.5. The average molecular weight is 627 g/mol. The van der Waals surface area contributed by atoms with Gasteiger partial charge in [-0.05, 0) is 52.2 Å². The predicted octanol–water partition coefficient (Wildman–Crippen LogP) is 7.83. The Kier molecular flexibility index (Phi) is 8.50. The molecule has 222 valence electrons. The lowest BCUT2D eigenvalue weighted by molar-refractivity contribution is -0.0683. The van der Waals surface area contributed by atoms with Crippen LogP contribution in [0.1, 0.15) is 55.4 Å². The van der Waals surface area contributed by atoms with E-state index in [2.05, 4.69) is 20.5 Å². The van der Waals surface area contributed by atoms with E-state index in [0.29, 0.717) is 32.0 Å². The molecule has 1 saturated heterocycles. The second-order valence-electron chi connectivity index (χ2n) is 11.8. The van der Waals surface area contributed by atoms with Crippen molar-refractivity contribution < 1.29 is 23.8 Å². The van der Waals surface area contributed by atoms with Crippen LogP contribution in [-0.4, -0.2) is 61.3 Å². The van der Waals surface area contributed by atoms with Crippen molar-refractivity contribution in [2.24, 2.45) is 5.41 Å². The summed E-state index contributed by atoms with van der Waals surface area (Å²) in [6.45, 7) is 14.7. The first-order valence-electron chi connectivity index (χ1n) is 13.1. The molecule has 1 amide bonds. The monoisotopic (exact) mass is 625 g/mol. The number of hydrogen-bond acceptors (Lipinski definition) is 8. The average Bonchev–Trinajstić information content (AvgIpc) is 3.40. The highest BCUT2D eigenvalue weighted by Gasteiger charge is 2.64. The van der Waals surface area contributed by atoms with Crippen molar-refractivity contribution >= 4 is 46.4 Å². The summed E-state index contributed by atoms with van der Waals surface area (Å²) < 4.78 is 27.5. The summed E-state index contributed by atoms with van der Waals surface area (Å²) in [6, 6.07) is 4.51. The summed E-state index contributed by atoms with van der Waals surface area (Å²) in [6.07, 6.45) is -0.0499. The molecule has 0 radical (unpaired) electrons. The molecule has 0 saturated carbocycles. The minimum Gasteiger partial charge on any atom is -0.488 e. The lowest BCUT2D eigenvalue weighted by atomic mass is 9.70. The van der Waals surface area contributed by atoms with E-state index < -0.39 is 34.7 Å². The first-order valence-corrected chi connectivity index (χ1v) is 14.6. The summed E-state index contributed by atoms with van der Waals surface area (Å²) in [4.78, 5) is 18.1. The lowest BCUT2D eigenvalue weighted by Gasteiger charge is -2.49. The van der Waals surface area contributed by atoms with Crippen LogP contribution in [0.15, 0.2) is 24.4 Å². The van der Waals surface area contributed by atoms with Gasteiger partial charge in [0.25, 0.3) is 0 Å². The van der Waals surface area contributed by atoms with Crippen LogP contribution in [-0.2, 0) is 4.74 Å². The van der Waals surface area contributed by atoms with Crippen LogP contribution in [0.5, 0.6) is 5.75 Å². The van der Waals surface area contributed by atoms with E-state index in [1.807, 2.05) is 34.6 Å². The molecule has 1 aliphatic rings. The molecule has 41 heavy (non-hydrogen) atoms. The van der Waals surface area contributed by atoms with E-state index >= 15 is 4.39 Å². The largest absolute Gasteiger partial charge is 0.488 e. The SMILES string of the molecule is CC(C)Nc1ncc(-c2nnc(-c3cc(F)c(OC[C@@]4(C(C)(C)C)[C@@H](C)OC(C)(C)N4C(=O)O)cc3Cl)s2)cc1Cl. The zero-order chi connectivity index (χ0) is 30.5. The molecule has 0 spiro atoms. The molecule has 2 aromatic heterocycles. The molecule has 1 aromatic carbocycles. The number of benzene rings is 1. The Labute approximate surface area is 253 Å². The van der Waals surface area contributed by atoms with Crippen LogP contribution in [0.3, 0.4) is 0 Å². The van der Waals surface area contributed by atoms with Crippen molar-refractivity contribution in [3.8, 4) is 26.9 Å². The number of carboxylic acid groups (broad SMARTS) is 1. The molecular formula is C28H34Cl2FN5O4S. The van der Waals surface area contributed by atoms with E-state index in [1.165, 1.54) is 28.4 Å². The van der Waals surface area contributed by atoms with Crippen molar-refractivity contribution in [3.05, 3.63) is 40.3 Å². The third kappa shape index (κ3) is 5.82. The van der Waals surface area contributed by atoms with Crippen LogP contribution < -0.4 is 10.1 Å². The quantitative estimate of drug-likeness (QED) is 0.273. The van der Waals surface area contributed by atoms with Gasteiger partial charge in [-0.1, -0.05) is 55.3 Å². The van der Waals surface area contributed by atoms with Crippen LogP contribution in [0.25, 0.3) is 21.1 Å². The number of ether oxygens (including phenoxy) is 2. The molecule has 4 rings (SSSR count). The maximum Gasteiger partial charge on any atom is 0.410 e. The lowest BCUT2D eigenvalue weighted by Crippen LogP contribution is -2.66. The van der Waals surface area contributed by atoms with E-state index in [4.69, 9.17) is 32.7 Å². The van der Waals surface area contributed by atoms with E-state index in [1.54, 1.807) is 33.0 Å². The summed E-state index contributed by atoms with van der Waals surface area (Å²) in [5.41, 5.74) is -1.85. The van der Waals surface area contributed by atoms with Gasteiger partial charge in [-0.3, -0.25) is 4.90 Å². The van der Waals surface area contributed by atoms with E-state index in [-0.39, 0.29) is 23.4 Å². The third-order valence-electron chi connectivity index (χ3n) is 7.20. The van der Waals surface area contributed by atoms with Crippen molar-refractivity contribution in [2.45, 2.75) is 78.8 Å². The number of anilines is 1. The summed E-state index contributed by atoms with van der Waals surface area (Å²) in [5, 5.41) is 23.3. The highest BCUT2D eigenvalue weighted by molar-refractivity contribution is 7.18. The van der Waals surface area contributed by atoms with Gasteiger partial charge in [-0.25, -0.2) is 14.2 Å². The number of nitrogens with zero attached hydrogens (tertiary/aromatic N) is 4. The van der Waals surface area contributed by atoms with Gasteiger partial charge in [0.15, 0.2) is 11.6 Å². The number of halogens is 3. The molecule has 2 atom stereocenters. The Balaban J connectivity index is 1.61. The normalized spacial score (nSPS) is 20.5. The van der Waals surface area contributed by atoms with E-state index in [9.17, 15) is 9.90 Å². The highest BCUT2D eigenvalue weighted by Crippen LogP contribution is 2.50. The van der Waals surface area contributed by atoms with Crippen LogP contribution in [0, 0.1) is 11.2 Å². The van der Waals surface area contributed by atoms with Crippen molar-refractivity contribution in [1.29, 1.82) is 0 Å². The minimum atomic E-state index is -1.15. The molecular weight excluding hydrogens is 592 g/mol. The molecule has 13 heteroatoms. The number of pyridine rings is 1. The van der Waals surface area contributed by atoms with Crippen molar-refractivity contribution in [3.63, 3.8) is 0 Å². The van der Waals surface area contributed by atoms with Gasteiger partial charge in [0.1, 0.15) is 33.7 Å². The molecule has 9 nitrogen and oxygen atoms in total. The molecule has 3 aromatic rings. The fourth-order valence-electron chi connectivity index (χ4n) is 5.36. The number of amides is 1. The topological polar surface area (TPSA) is 110 Å². The van der Waals surface area contributed by atoms with Crippen molar-refractivity contribution in [1.82, 2.24) is 20.1 Å².